The van der Waals surface area contributed by atoms with E-state index in [4.69, 9.17) is 5.11 Å². The Morgan fingerprint density at radius 1 is 1.20 bits per heavy atom. The second kappa shape index (κ2) is 7.63. The van der Waals surface area contributed by atoms with Crippen molar-refractivity contribution in [2.75, 3.05) is 6.61 Å². The molecule has 0 fully saturated rings. The van der Waals surface area contributed by atoms with Crippen LogP contribution in [-0.4, -0.2) is 37.4 Å². The van der Waals surface area contributed by atoms with Gasteiger partial charge in [0.15, 0.2) is 0 Å². The van der Waals surface area contributed by atoms with E-state index in [-0.39, 0.29) is 37.6 Å². The first-order valence-electron chi connectivity index (χ1n) is 7.80. The van der Waals surface area contributed by atoms with Gasteiger partial charge in [-0.2, -0.15) is 5.10 Å². The van der Waals surface area contributed by atoms with Crippen molar-refractivity contribution < 1.29 is 9.90 Å². The number of amides is 1. The van der Waals surface area contributed by atoms with Gasteiger partial charge in [-0.3, -0.25) is 9.59 Å². The Hall–Kier alpha value is -3.13. The number of nitrogens with zero attached hydrogens (tertiary/aromatic N) is 4. The minimum atomic E-state index is -0.283. The van der Waals surface area contributed by atoms with Crippen LogP contribution in [0.15, 0.2) is 47.7 Å². The van der Waals surface area contributed by atoms with Crippen LogP contribution >= 0.6 is 0 Å². The lowest BCUT2D eigenvalue weighted by molar-refractivity contribution is -0.120. The maximum absolute atomic E-state index is 12.3. The van der Waals surface area contributed by atoms with E-state index in [0.29, 0.717) is 22.2 Å². The Kier molecular flexibility index (Phi) is 5.10. The molecule has 0 saturated carbocycles. The van der Waals surface area contributed by atoms with Gasteiger partial charge in [0, 0.05) is 11.6 Å². The first kappa shape index (κ1) is 16.7. The van der Waals surface area contributed by atoms with E-state index in [1.54, 1.807) is 36.5 Å². The molecule has 3 rings (SSSR count). The zero-order valence-electron chi connectivity index (χ0n) is 13.4. The van der Waals surface area contributed by atoms with Gasteiger partial charge >= 0.3 is 0 Å². The minimum Gasteiger partial charge on any atom is -0.394 e. The lowest BCUT2D eigenvalue weighted by Crippen LogP contribution is -2.29. The van der Waals surface area contributed by atoms with Crippen LogP contribution in [0.4, 0.5) is 0 Å². The molecule has 0 radical (unpaired) electrons. The summed E-state index contributed by atoms with van der Waals surface area (Å²) < 4.78 is 1.19. The van der Waals surface area contributed by atoms with Gasteiger partial charge in [0.25, 0.3) is 5.56 Å². The van der Waals surface area contributed by atoms with E-state index in [2.05, 4.69) is 20.4 Å². The van der Waals surface area contributed by atoms with Crippen LogP contribution in [0.1, 0.15) is 11.4 Å². The largest absolute Gasteiger partial charge is 0.394 e. The van der Waals surface area contributed by atoms with Gasteiger partial charge in [0.05, 0.1) is 42.9 Å². The summed E-state index contributed by atoms with van der Waals surface area (Å²) in [5.74, 6) is -0.231. The number of carbonyl (C=O) groups is 1. The van der Waals surface area contributed by atoms with E-state index in [1.165, 1.54) is 11.0 Å². The molecule has 8 nitrogen and oxygen atoms in total. The van der Waals surface area contributed by atoms with Crippen molar-refractivity contribution in [3.05, 3.63) is 64.6 Å². The summed E-state index contributed by atoms with van der Waals surface area (Å²) in [6, 6.07) is 8.72. The summed E-state index contributed by atoms with van der Waals surface area (Å²) in [6.07, 6.45) is 3.05. The molecule has 1 aromatic carbocycles. The van der Waals surface area contributed by atoms with Crippen molar-refractivity contribution in [3.8, 4) is 0 Å². The van der Waals surface area contributed by atoms with Crippen LogP contribution < -0.4 is 10.9 Å². The molecule has 2 N–H and O–H groups in total. The van der Waals surface area contributed by atoms with Crippen molar-refractivity contribution in [3.63, 3.8) is 0 Å². The number of aliphatic hydroxyl groups is 1. The second-order valence-electron chi connectivity index (χ2n) is 5.40. The maximum Gasteiger partial charge on any atom is 0.274 e. The zero-order valence-corrected chi connectivity index (χ0v) is 13.4. The van der Waals surface area contributed by atoms with Gasteiger partial charge in [-0.1, -0.05) is 18.2 Å². The highest BCUT2D eigenvalue weighted by Gasteiger charge is 2.13. The fourth-order valence-electron chi connectivity index (χ4n) is 2.51. The number of fused-ring (bicyclic) bond motifs is 1. The molecule has 3 aromatic rings. The Morgan fingerprint density at radius 2 is 2.00 bits per heavy atom. The zero-order chi connectivity index (χ0) is 17.6. The molecular formula is C17H17N5O3. The lowest BCUT2D eigenvalue weighted by atomic mass is 10.1. The standard InChI is InChI=1S/C17H17N5O3/c23-8-7-22-17(25)14-4-2-1-3-13(14)15(21-22)9-16(24)19-10-12-5-6-18-11-20-12/h1-6,11,23H,7-10H2,(H,19,24). The highest BCUT2D eigenvalue weighted by Crippen LogP contribution is 2.13. The van der Waals surface area contributed by atoms with E-state index < -0.39 is 0 Å². The van der Waals surface area contributed by atoms with Crippen LogP contribution in [0.2, 0.25) is 0 Å². The second-order valence-corrected chi connectivity index (χ2v) is 5.40. The van der Waals surface area contributed by atoms with Crippen molar-refractivity contribution in [2.24, 2.45) is 0 Å². The minimum absolute atomic E-state index is 0.0251. The predicted molar refractivity (Wildman–Crippen MR) is 90.7 cm³/mol. The molecule has 128 valence electrons. The summed E-state index contributed by atoms with van der Waals surface area (Å²) in [7, 11) is 0. The van der Waals surface area contributed by atoms with E-state index in [0.717, 1.165) is 0 Å². The van der Waals surface area contributed by atoms with Crippen LogP contribution in [-0.2, 0) is 24.3 Å². The van der Waals surface area contributed by atoms with Gasteiger partial charge in [-0.05, 0) is 12.1 Å². The van der Waals surface area contributed by atoms with Crippen LogP contribution in [0.25, 0.3) is 10.8 Å². The van der Waals surface area contributed by atoms with Gasteiger partial charge in [0.2, 0.25) is 5.91 Å². The molecule has 1 amide bonds. The average Bonchev–Trinajstić information content (AvgIpc) is 2.65. The Morgan fingerprint density at radius 3 is 2.72 bits per heavy atom. The molecule has 2 aromatic heterocycles. The molecule has 0 spiro atoms. The highest BCUT2D eigenvalue weighted by atomic mass is 16.3. The highest BCUT2D eigenvalue weighted by molar-refractivity contribution is 5.88. The molecular weight excluding hydrogens is 322 g/mol. The van der Waals surface area contributed by atoms with Crippen molar-refractivity contribution in [2.45, 2.75) is 19.5 Å². The number of benzene rings is 1. The lowest BCUT2D eigenvalue weighted by Gasteiger charge is -2.10. The van der Waals surface area contributed by atoms with Gasteiger partial charge in [-0.25, -0.2) is 14.6 Å². The summed E-state index contributed by atoms with van der Waals surface area (Å²) in [5, 5.41) is 17.2. The number of rotatable bonds is 6. The molecule has 25 heavy (non-hydrogen) atoms. The molecule has 0 saturated heterocycles. The van der Waals surface area contributed by atoms with Crippen LogP contribution in [0.5, 0.6) is 0 Å². The van der Waals surface area contributed by atoms with E-state index in [9.17, 15) is 9.59 Å². The number of carbonyl (C=O) groups excluding carboxylic acids is 1. The smallest absolute Gasteiger partial charge is 0.274 e. The fourth-order valence-corrected chi connectivity index (χ4v) is 2.51. The third-order valence-corrected chi connectivity index (χ3v) is 3.69. The number of aliphatic hydroxyl groups excluding tert-OH is 1. The van der Waals surface area contributed by atoms with E-state index >= 15 is 0 Å². The summed E-state index contributed by atoms with van der Waals surface area (Å²) in [4.78, 5) is 32.5. The third kappa shape index (κ3) is 3.86. The molecule has 0 aliphatic rings. The van der Waals surface area contributed by atoms with Gasteiger partial charge in [0.1, 0.15) is 6.33 Å². The maximum atomic E-state index is 12.3. The first-order valence-corrected chi connectivity index (χ1v) is 7.80. The predicted octanol–water partition coefficient (Wildman–Crippen LogP) is 0.0377. The Labute approximate surface area is 143 Å². The number of hydrogen-bond donors (Lipinski definition) is 2. The topological polar surface area (TPSA) is 110 Å². The molecule has 0 aliphatic carbocycles. The number of aromatic nitrogens is 4. The summed E-state index contributed by atoms with van der Waals surface area (Å²) >= 11 is 0. The van der Waals surface area contributed by atoms with Crippen LogP contribution in [0.3, 0.4) is 0 Å². The summed E-state index contributed by atoms with van der Waals surface area (Å²) in [6.45, 7) is 0.166. The Balaban J connectivity index is 1.83. The van der Waals surface area contributed by atoms with Crippen molar-refractivity contribution in [1.82, 2.24) is 25.1 Å². The monoisotopic (exact) mass is 339 g/mol. The number of nitrogens with one attached hydrogen (secondary N) is 1. The molecule has 0 unspecified atom stereocenters. The average molecular weight is 339 g/mol. The molecule has 8 heteroatoms. The normalized spacial score (nSPS) is 10.8. The molecule has 2 heterocycles. The first-order chi connectivity index (χ1) is 12.2. The molecule has 0 atom stereocenters. The SMILES string of the molecule is O=C(Cc1nn(CCO)c(=O)c2ccccc12)NCc1ccncn1. The van der Waals surface area contributed by atoms with Crippen LogP contribution in [0, 0.1) is 0 Å². The summed E-state index contributed by atoms with van der Waals surface area (Å²) in [5.41, 5.74) is 0.907. The van der Waals surface area contributed by atoms with Crippen molar-refractivity contribution >= 4 is 16.7 Å². The molecule has 0 bridgehead atoms. The van der Waals surface area contributed by atoms with E-state index in [1.807, 2.05) is 0 Å². The van der Waals surface area contributed by atoms with Gasteiger partial charge in [-0.15, -0.1) is 0 Å². The molecule has 0 aliphatic heterocycles. The quantitative estimate of drug-likeness (QED) is 0.656. The Bertz CT molecular complexity index is 940. The van der Waals surface area contributed by atoms with Crippen molar-refractivity contribution in [1.29, 1.82) is 0 Å². The third-order valence-electron chi connectivity index (χ3n) is 3.69. The van der Waals surface area contributed by atoms with Gasteiger partial charge < -0.3 is 10.4 Å². The number of hydrogen-bond acceptors (Lipinski definition) is 6. The fraction of sp³-hybridized carbons (Fsp3) is 0.235.